The average Bonchev–Trinajstić information content (AvgIpc) is 3.28. The maximum atomic E-state index is 9.45. The van der Waals surface area contributed by atoms with Crippen LogP contribution in [0.15, 0.2) is 71.3 Å². The van der Waals surface area contributed by atoms with Crippen molar-refractivity contribution in [2.75, 3.05) is 16.0 Å². The van der Waals surface area contributed by atoms with Crippen LogP contribution in [0.4, 0.5) is 29.2 Å². The SMILES string of the molecule is N#Cc1ccc(Nc2nc(NCc3ccco3)nc(Nc3ccc(O)cc3)n2)cc1. The van der Waals surface area contributed by atoms with Crippen molar-refractivity contribution >= 4 is 29.2 Å². The number of nitrogens with zero attached hydrogens (tertiary/aromatic N) is 4. The van der Waals surface area contributed by atoms with Crippen molar-refractivity contribution in [2.24, 2.45) is 0 Å². The topological polar surface area (TPSA) is 132 Å². The summed E-state index contributed by atoms with van der Waals surface area (Å²) in [4.78, 5) is 13.2. The average molecular weight is 399 g/mol. The van der Waals surface area contributed by atoms with Gasteiger partial charge in [-0.3, -0.25) is 0 Å². The summed E-state index contributed by atoms with van der Waals surface area (Å²) in [5, 5.41) is 27.7. The highest BCUT2D eigenvalue weighted by Crippen LogP contribution is 2.21. The number of benzene rings is 2. The third-order valence-electron chi connectivity index (χ3n) is 4.03. The molecule has 2 aromatic heterocycles. The highest BCUT2D eigenvalue weighted by Gasteiger charge is 2.09. The van der Waals surface area contributed by atoms with Crippen LogP contribution >= 0.6 is 0 Å². The van der Waals surface area contributed by atoms with Gasteiger partial charge in [-0.1, -0.05) is 0 Å². The Morgan fingerprint density at radius 2 is 1.43 bits per heavy atom. The molecule has 2 heterocycles. The van der Waals surface area contributed by atoms with E-state index in [2.05, 4.69) is 37.0 Å². The van der Waals surface area contributed by atoms with E-state index >= 15 is 0 Å². The van der Waals surface area contributed by atoms with Crippen LogP contribution in [0.25, 0.3) is 0 Å². The maximum absolute atomic E-state index is 9.45. The zero-order valence-electron chi connectivity index (χ0n) is 15.7. The van der Waals surface area contributed by atoms with E-state index in [1.54, 1.807) is 60.9 Å². The fourth-order valence-electron chi connectivity index (χ4n) is 2.58. The van der Waals surface area contributed by atoms with E-state index in [1.165, 1.54) is 0 Å². The van der Waals surface area contributed by atoms with Gasteiger partial charge in [-0.25, -0.2) is 0 Å². The third-order valence-corrected chi connectivity index (χ3v) is 4.03. The minimum absolute atomic E-state index is 0.167. The molecular formula is C21H17N7O2. The lowest BCUT2D eigenvalue weighted by molar-refractivity contribution is 0.475. The Morgan fingerprint density at radius 3 is 2.00 bits per heavy atom. The van der Waals surface area contributed by atoms with Crippen LogP contribution in [0.3, 0.4) is 0 Å². The molecular weight excluding hydrogens is 382 g/mol. The summed E-state index contributed by atoms with van der Waals surface area (Å²) in [6.45, 7) is 0.409. The number of phenols is 1. The predicted molar refractivity (Wildman–Crippen MR) is 112 cm³/mol. The van der Waals surface area contributed by atoms with E-state index in [-0.39, 0.29) is 5.75 Å². The molecule has 0 unspecified atom stereocenters. The van der Waals surface area contributed by atoms with Gasteiger partial charge in [-0.15, -0.1) is 0 Å². The molecule has 0 amide bonds. The van der Waals surface area contributed by atoms with Crippen molar-refractivity contribution in [1.82, 2.24) is 15.0 Å². The molecule has 0 radical (unpaired) electrons. The summed E-state index contributed by atoms with van der Waals surface area (Å²) in [6, 6.07) is 19.2. The van der Waals surface area contributed by atoms with Crippen molar-refractivity contribution < 1.29 is 9.52 Å². The summed E-state index contributed by atoms with van der Waals surface area (Å²) >= 11 is 0. The van der Waals surface area contributed by atoms with Gasteiger partial charge >= 0.3 is 0 Å². The molecule has 0 saturated heterocycles. The van der Waals surface area contributed by atoms with Crippen LogP contribution in [0.2, 0.25) is 0 Å². The maximum Gasteiger partial charge on any atom is 0.233 e. The van der Waals surface area contributed by atoms with E-state index in [0.717, 1.165) is 11.4 Å². The standard InChI is InChI=1S/C21H17N7O2/c22-12-14-3-5-15(6-4-14)24-20-26-19(23-13-18-2-1-11-30-18)27-21(28-20)25-16-7-9-17(29)10-8-16/h1-11,29H,13H2,(H3,23,24,25,26,27,28). The second kappa shape index (κ2) is 8.62. The summed E-state index contributed by atoms with van der Waals surface area (Å²) < 4.78 is 5.33. The zero-order chi connectivity index (χ0) is 20.8. The lowest BCUT2D eigenvalue weighted by Gasteiger charge is -2.11. The molecule has 0 saturated carbocycles. The molecule has 0 fully saturated rings. The molecule has 0 bridgehead atoms. The minimum atomic E-state index is 0.167. The Hall–Kier alpha value is -4.58. The molecule has 0 spiro atoms. The molecule has 30 heavy (non-hydrogen) atoms. The quantitative estimate of drug-likeness (QED) is 0.338. The van der Waals surface area contributed by atoms with Gasteiger partial charge in [-0.2, -0.15) is 20.2 Å². The fraction of sp³-hybridized carbons (Fsp3) is 0.0476. The fourth-order valence-corrected chi connectivity index (χ4v) is 2.58. The molecule has 9 heteroatoms. The lowest BCUT2D eigenvalue weighted by atomic mass is 10.2. The Kier molecular flexibility index (Phi) is 5.39. The largest absolute Gasteiger partial charge is 0.508 e. The number of nitrogens with one attached hydrogen (secondary N) is 3. The van der Waals surface area contributed by atoms with Crippen molar-refractivity contribution in [3.8, 4) is 11.8 Å². The van der Waals surface area contributed by atoms with Crippen molar-refractivity contribution in [1.29, 1.82) is 5.26 Å². The van der Waals surface area contributed by atoms with Gasteiger partial charge in [0.1, 0.15) is 11.5 Å². The van der Waals surface area contributed by atoms with Gasteiger partial charge in [0.05, 0.1) is 24.4 Å². The first-order valence-electron chi connectivity index (χ1n) is 9.03. The van der Waals surface area contributed by atoms with Crippen LogP contribution in [0.5, 0.6) is 5.75 Å². The summed E-state index contributed by atoms with van der Waals surface area (Å²) in [5.41, 5.74) is 2.00. The van der Waals surface area contributed by atoms with Crippen LogP contribution in [-0.2, 0) is 6.54 Å². The number of hydrogen-bond donors (Lipinski definition) is 4. The monoisotopic (exact) mass is 399 g/mol. The molecule has 0 aliphatic carbocycles. The Balaban J connectivity index is 1.58. The Labute approximate surface area is 172 Å². The second-order valence-corrected chi connectivity index (χ2v) is 6.23. The summed E-state index contributed by atoms with van der Waals surface area (Å²) in [5.74, 6) is 1.88. The smallest absolute Gasteiger partial charge is 0.233 e. The van der Waals surface area contributed by atoms with E-state index in [0.29, 0.717) is 35.6 Å². The van der Waals surface area contributed by atoms with Crippen molar-refractivity contribution in [3.05, 3.63) is 78.3 Å². The van der Waals surface area contributed by atoms with Crippen LogP contribution in [-0.4, -0.2) is 20.1 Å². The van der Waals surface area contributed by atoms with Crippen molar-refractivity contribution in [3.63, 3.8) is 0 Å². The first-order chi connectivity index (χ1) is 14.7. The number of nitriles is 1. The molecule has 148 valence electrons. The second-order valence-electron chi connectivity index (χ2n) is 6.23. The molecule has 4 aromatic rings. The predicted octanol–water partition coefficient (Wildman–Crippen LogP) is 4.14. The van der Waals surface area contributed by atoms with Crippen LogP contribution in [0.1, 0.15) is 11.3 Å². The van der Waals surface area contributed by atoms with Gasteiger partial charge < -0.3 is 25.5 Å². The molecule has 4 N–H and O–H groups in total. The number of phenolic OH excluding ortho intramolecular Hbond substituents is 1. The van der Waals surface area contributed by atoms with Gasteiger partial charge in [-0.05, 0) is 60.7 Å². The highest BCUT2D eigenvalue weighted by atomic mass is 16.3. The Bertz CT molecular complexity index is 1150. The van der Waals surface area contributed by atoms with E-state index in [9.17, 15) is 5.11 Å². The van der Waals surface area contributed by atoms with Crippen LogP contribution in [0, 0.1) is 11.3 Å². The van der Waals surface area contributed by atoms with E-state index in [4.69, 9.17) is 9.68 Å². The van der Waals surface area contributed by atoms with E-state index in [1.807, 2.05) is 6.07 Å². The van der Waals surface area contributed by atoms with Gasteiger partial charge in [0, 0.05) is 11.4 Å². The first-order valence-corrected chi connectivity index (χ1v) is 9.03. The number of aromatic hydroxyl groups is 1. The molecule has 0 atom stereocenters. The number of anilines is 5. The first kappa shape index (κ1) is 18.8. The molecule has 4 rings (SSSR count). The highest BCUT2D eigenvalue weighted by molar-refractivity contribution is 5.60. The summed E-state index contributed by atoms with van der Waals surface area (Å²) in [6.07, 6.45) is 1.60. The number of furan rings is 1. The lowest BCUT2D eigenvalue weighted by Crippen LogP contribution is -2.09. The zero-order valence-corrected chi connectivity index (χ0v) is 15.7. The van der Waals surface area contributed by atoms with Gasteiger partial charge in [0.15, 0.2) is 0 Å². The van der Waals surface area contributed by atoms with Crippen molar-refractivity contribution in [2.45, 2.75) is 6.54 Å². The minimum Gasteiger partial charge on any atom is -0.508 e. The molecule has 9 nitrogen and oxygen atoms in total. The third kappa shape index (κ3) is 4.82. The Morgan fingerprint density at radius 1 is 0.833 bits per heavy atom. The van der Waals surface area contributed by atoms with Gasteiger partial charge in [0.2, 0.25) is 17.8 Å². The number of hydrogen-bond acceptors (Lipinski definition) is 9. The van der Waals surface area contributed by atoms with Gasteiger partial charge in [0.25, 0.3) is 0 Å². The van der Waals surface area contributed by atoms with E-state index < -0.39 is 0 Å². The number of rotatable bonds is 7. The molecule has 2 aromatic carbocycles. The normalized spacial score (nSPS) is 10.2. The molecule has 0 aliphatic rings. The summed E-state index contributed by atoms with van der Waals surface area (Å²) in [7, 11) is 0. The van der Waals surface area contributed by atoms with Crippen LogP contribution < -0.4 is 16.0 Å². The number of aromatic nitrogens is 3. The molecule has 0 aliphatic heterocycles.